The second-order valence-electron chi connectivity index (χ2n) is 8.95. The number of para-hydroxylation sites is 2. The van der Waals surface area contributed by atoms with Crippen LogP contribution in [0.15, 0.2) is 72.8 Å². The lowest BCUT2D eigenvalue weighted by Crippen LogP contribution is -2.39. The molecule has 3 aromatic carbocycles. The van der Waals surface area contributed by atoms with Crippen LogP contribution in [0.3, 0.4) is 0 Å². The molecule has 0 atom stereocenters. The van der Waals surface area contributed by atoms with E-state index in [-0.39, 0.29) is 5.91 Å². The summed E-state index contributed by atoms with van der Waals surface area (Å²) in [5.41, 5.74) is 6.59. The highest BCUT2D eigenvalue weighted by atomic mass is 16.2. The van der Waals surface area contributed by atoms with E-state index in [1.165, 1.54) is 11.1 Å². The number of nitrogens with zero attached hydrogens (tertiary/aromatic N) is 3. The third-order valence-electron chi connectivity index (χ3n) is 6.46. The van der Waals surface area contributed by atoms with Crippen LogP contribution in [0.1, 0.15) is 51.8 Å². The molecule has 0 unspecified atom stereocenters. The monoisotopic (exact) mass is 423 g/mol. The molecule has 1 amide bonds. The van der Waals surface area contributed by atoms with Crippen LogP contribution in [0.2, 0.25) is 0 Å². The number of piperidine rings is 1. The molecule has 0 radical (unpaired) electrons. The molecule has 1 aliphatic heterocycles. The van der Waals surface area contributed by atoms with Crippen LogP contribution in [-0.4, -0.2) is 33.4 Å². The summed E-state index contributed by atoms with van der Waals surface area (Å²) in [5.74, 6) is 1.26. The van der Waals surface area contributed by atoms with E-state index >= 15 is 0 Å². The number of aromatic nitrogens is 2. The van der Waals surface area contributed by atoms with Crippen molar-refractivity contribution in [3.05, 3.63) is 101 Å². The van der Waals surface area contributed by atoms with Gasteiger partial charge in [0.05, 0.1) is 11.0 Å². The molecule has 5 rings (SSSR count). The molecular formula is C28H29N3O. The quantitative estimate of drug-likeness (QED) is 0.421. The molecule has 0 saturated carbocycles. The van der Waals surface area contributed by atoms with Gasteiger partial charge in [-0.1, -0.05) is 59.7 Å². The number of aryl methyl sites for hydroxylation is 2. The van der Waals surface area contributed by atoms with Gasteiger partial charge in [0.2, 0.25) is 0 Å². The first-order valence-electron chi connectivity index (χ1n) is 11.5. The summed E-state index contributed by atoms with van der Waals surface area (Å²) in [6.45, 7) is 5.64. The molecule has 1 aromatic heterocycles. The summed E-state index contributed by atoms with van der Waals surface area (Å²) >= 11 is 0. The fourth-order valence-electron chi connectivity index (χ4n) is 5.01. The normalized spacial score (nSPS) is 14.8. The lowest BCUT2D eigenvalue weighted by atomic mass is 10.0. The average Bonchev–Trinajstić information content (AvgIpc) is 3.16. The van der Waals surface area contributed by atoms with E-state index in [0.717, 1.165) is 60.4 Å². The van der Waals surface area contributed by atoms with Crippen molar-refractivity contribution in [3.8, 4) is 0 Å². The zero-order valence-electron chi connectivity index (χ0n) is 18.8. The summed E-state index contributed by atoms with van der Waals surface area (Å²) in [4.78, 5) is 20.1. The molecule has 4 heteroatoms. The van der Waals surface area contributed by atoms with Gasteiger partial charge in [-0.2, -0.15) is 0 Å². The van der Waals surface area contributed by atoms with Crippen LogP contribution in [0, 0.1) is 13.8 Å². The second kappa shape index (κ2) is 8.62. The zero-order chi connectivity index (χ0) is 22.1. The Kier molecular flexibility index (Phi) is 5.52. The van der Waals surface area contributed by atoms with E-state index in [2.05, 4.69) is 79.1 Å². The summed E-state index contributed by atoms with van der Waals surface area (Å²) in [6, 6.07) is 25.4. The molecule has 4 aromatic rings. The van der Waals surface area contributed by atoms with Gasteiger partial charge in [-0.05, 0) is 56.5 Å². The molecule has 162 valence electrons. The first-order valence-corrected chi connectivity index (χ1v) is 11.5. The molecule has 0 spiro atoms. The van der Waals surface area contributed by atoms with E-state index in [1.54, 1.807) is 0 Å². The van der Waals surface area contributed by atoms with Crippen LogP contribution in [0.5, 0.6) is 0 Å². The number of benzene rings is 3. The van der Waals surface area contributed by atoms with Crippen molar-refractivity contribution in [2.24, 2.45) is 0 Å². The smallest absolute Gasteiger partial charge is 0.253 e. The van der Waals surface area contributed by atoms with Crippen LogP contribution in [0.25, 0.3) is 11.0 Å². The van der Waals surface area contributed by atoms with Crippen LogP contribution >= 0.6 is 0 Å². The van der Waals surface area contributed by atoms with E-state index in [0.29, 0.717) is 6.04 Å². The van der Waals surface area contributed by atoms with Crippen molar-refractivity contribution >= 4 is 16.9 Å². The van der Waals surface area contributed by atoms with E-state index in [9.17, 15) is 4.79 Å². The van der Waals surface area contributed by atoms with Crippen molar-refractivity contribution in [1.82, 2.24) is 14.5 Å². The van der Waals surface area contributed by atoms with Crippen molar-refractivity contribution < 1.29 is 4.79 Å². The molecule has 0 N–H and O–H groups in total. The Balaban J connectivity index is 1.39. The Morgan fingerprint density at radius 2 is 1.56 bits per heavy atom. The molecule has 0 aliphatic carbocycles. The van der Waals surface area contributed by atoms with Gasteiger partial charge in [-0.3, -0.25) is 4.79 Å². The van der Waals surface area contributed by atoms with Crippen LogP contribution in [-0.2, 0) is 6.42 Å². The average molecular weight is 424 g/mol. The highest BCUT2D eigenvalue weighted by molar-refractivity contribution is 5.94. The Hall–Kier alpha value is -3.40. The van der Waals surface area contributed by atoms with Gasteiger partial charge in [-0.25, -0.2) is 4.98 Å². The standard InChI is InChI=1S/C28H29N3O/c1-20-16-21(2)18-23(17-20)28(32)30-14-12-24(13-15-30)31-26-11-7-6-10-25(26)29-27(31)19-22-8-4-3-5-9-22/h3-11,16-18,24H,12-15,19H2,1-2H3. The van der Waals surface area contributed by atoms with Gasteiger partial charge >= 0.3 is 0 Å². The van der Waals surface area contributed by atoms with Crippen LogP contribution < -0.4 is 0 Å². The molecule has 1 saturated heterocycles. The number of hydrogen-bond acceptors (Lipinski definition) is 2. The Morgan fingerprint density at radius 3 is 2.28 bits per heavy atom. The molecule has 1 fully saturated rings. The SMILES string of the molecule is Cc1cc(C)cc(C(=O)N2CCC(n3c(Cc4ccccc4)nc4ccccc43)CC2)c1. The van der Waals surface area contributed by atoms with Crippen molar-refractivity contribution in [3.63, 3.8) is 0 Å². The van der Waals surface area contributed by atoms with Gasteiger partial charge in [0.1, 0.15) is 5.82 Å². The summed E-state index contributed by atoms with van der Waals surface area (Å²) < 4.78 is 2.43. The largest absolute Gasteiger partial charge is 0.338 e. The molecule has 2 heterocycles. The van der Waals surface area contributed by atoms with Crippen molar-refractivity contribution in [1.29, 1.82) is 0 Å². The maximum atomic E-state index is 13.1. The van der Waals surface area contributed by atoms with Gasteiger partial charge in [0, 0.05) is 31.1 Å². The highest BCUT2D eigenvalue weighted by Crippen LogP contribution is 2.30. The Bertz CT molecular complexity index is 1230. The lowest BCUT2D eigenvalue weighted by molar-refractivity contribution is 0.0695. The number of likely N-dealkylation sites (tertiary alicyclic amines) is 1. The highest BCUT2D eigenvalue weighted by Gasteiger charge is 2.27. The van der Waals surface area contributed by atoms with E-state index < -0.39 is 0 Å². The first-order chi connectivity index (χ1) is 15.6. The number of imidazole rings is 1. The molecule has 4 nitrogen and oxygen atoms in total. The maximum Gasteiger partial charge on any atom is 0.253 e. The fourth-order valence-corrected chi connectivity index (χ4v) is 5.01. The summed E-state index contributed by atoms with van der Waals surface area (Å²) in [6.07, 6.45) is 2.70. The second-order valence-corrected chi connectivity index (χ2v) is 8.95. The predicted octanol–water partition coefficient (Wildman–Crippen LogP) is 5.72. The van der Waals surface area contributed by atoms with E-state index in [4.69, 9.17) is 4.98 Å². The van der Waals surface area contributed by atoms with Crippen molar-refractivity contribution in [2.75, 3.05) is 13.1 Å². The third-order valence-corrected chi connectivity index (χ3v) is 6.46. The minimum atomic E-state index is 0.148. The van der Waals surface area contributed by atoms with E-state index in [1.807, 2.05) is 17.0 Å². The Morgan fingerprint density at radius 1 is 0.906 bits per heavy atom. The van der Waals surface area contributed by atoms with Gasteiger partial charge in [-0.15, -0.1) is 0 Å². The number of carbonyl (C=O) groups excluding carboxylic acids is 1. The molecular weight excluding hydrogens is 394 g/mol. The number of fused-ring (bicyclic) bond motifs is 1. The summed E-state index contributed by atoms with van der Waals surface area (Å²) in [5, 5.41) is 0. The number of carbonyl (C=O) groups is 1. The van der Waals surface area contributed by atoms with Crippen molar-refractivity contribution in [2.45, 2.75) is 39.2 Å². The minimum absolute atomic E-state index is 0.148. The fraction of sp³-hybridized carbons (Fsp3) is 0.286. The lowest BCUT2D eigenvalue weighted by Gasteiger charge is -2.34. The van der Waals surface area contributed by atoms with Crippen LogP contribution in [0.4, 0.5) is 0 Å². The molecule has 32 heavy (non-hydrogen) atoms. The minimum Gasteiger partial charge on any atom is -0.338 e. The number of hydrogen-bond donors (Lipinski definition) is 0. The predicted molar refractivity (Wildman–Crippen MR) is 129 cm³/mol. The first kappa shape index (κ1) is 20.5. The maximum absolute atomic E-state index is 13.1. The number of rotatable bonds is 4. The van der Waals surface area contributed by atoms with Gasteiger partial charge in [0.15, 0.2) is 0 Å². The van der Waals surface area contributed by atoms with Gasteiger partial charge < -0.3 is 9.47 Å². The zero-order valence-corrected chi connectivity index (χ0v) is 18.8. The number of amides is 1. The Labute approximate surface area is 189 Å². The van der Waals surface area contributed by atoms with Gasteiger partial charge in [0.25, 0.3) is 5.91 Å². The topological polar surface area (TPSA) is 38.1 Å². The third kappa shape index (κ3) is 4.05. The molecule has 0 bridgehead atoms. The molecule has 1 aliphatic rings. The summed E-state index contributed by atoms with van der Waals surface area (Å²) in [7, 11) is 0.